The molecule has 4 heteroatoms. The average Bonchev–Trinajstić information content (AvgIpc) is 3.07. The Bertz CT molecular complexity index is 439. The van der Waals surface area contributed by atoms with E-state index in [-0.39, 0.29) is 0 Å². The van der Waals surface area contributed by atoms with Crippen LogP contribution in [0.25, 0.3) is 0 Å². The first-order valence-corrected chi connectivity index (χ1v) is 8.69. The van der Waals surface area contributed by atoms with E-state index in [0.29, 0.717) is 6.04 Å². The molecule has 1 N–H and O–H groups in total. The largest absolute Gasteiger partial charge is 0.311 e. The van der Waals surface area contributed by atoms with Crippen molar-refractivity contribution in [2.24, 2.45) is 0 Å². The molecule has 1 aromatic rings. The van der Waals surface area contributed by atoms with Gasteiger partial charge in [-0.25, -0.2) is 0 Å². The third-order valence-electron chi connectivity index (χ3n) is 5.46. The third kappa shape index (κ3) is 3.32. The van der Waals surface area contributed by atoms with Crippen molar-refractivity contribution in [2.45, 2.75) is 83.1 Å². The fourth-order valence-electron chi connectivity index (χ4n) is 4.10. The van der Waals surface area contributed by atoms with E-state index in [1.807, 2.05) is 0 Å². The highest BCUT2D eigenvalue weighted by molar-refractivity contribution is 5.02. The van der Waals surface area contributed by atoms with Gasteiger partial charge in [-0.1, -0.05) is 13.8 Å². The number of hydrogen-bond donors (Lipinski definition) is 1. The second-order valence-electron chi connectivity index (χ2n) is 6.94. The summed E-state index contributed by atoms with van der Waals surface area (Å²) in [5.74, 6) is 0. The molecule has 0 saturated carbocycles. The molecular weight excluding hydrogens is 260 g/mol. The van der Waals surface area contributed by atoms with Gasteiger partial charge < -0.3 is 5.32 Å². The number of hydrogen-bond acceptors (Lipinski definition) is 3. The summed E-state index contributed by atoms with van der Waals surface area (Å²) in [6, 6.07) is 5.00. The molecule has 2 saturated heterocycles. The SMILES string of the molecule is CCC(CC)n1ccc(CN(C)C2CC3CCC(C2)N3)n1. The molecule has 3 heterocycles. The van der Waals surface area contributed by atoms with Crippen molar-refractivity contribution < 1.29 is 0 Å². The van der Waals surface area contributed by atoms with Crippen molar-refractivity contribution >= 4 is 0 Å². The molecule has 0 spiro atoms. The van der Waals surface area contributed by atoms with E-state index in [1.54, 1.807) is 0 Å². The quantitative estimate of drug-likeness (QED) is 0.874. The zero-order valence-electron chi connectivity index (χ0n) is 13.8. The van der Waals surface area contributed by atoms with E-state index in [2.05, 4.69) is 48.1 Å². The van der Waals surface area contributed by atoms with E-state index in [9.17, 15) is 0 Å². The summed E-state index contributed by atoms with van der Waals surface area (Å²) in [4.78, 5) is 2.52. The van der Waals surface area contributed by atoms with E-state index in [4.69, 9.17) is 5.10 Å². The summed E-state index contributed by atoms with van der Waals surface area (Å²) in [5, 5.41) is 8.53. The maximum atomic E-state index is 4.80. The summed E-state index contributed by atoms with van der Waals surface area (Å²) in [5.41, 5.74) is 1.22. The highest BCUT2D eigenvalue weighted by Gasteiger charge is 2.35. The minimum absolute atomic E-state index is 0.554. The molecule has 0 aromatic carbocycles. The predicted octanol–water partition coefficient (Wildman–Crippen LogP) is 2.96. The van der Waals surface area contributed by atoms with E-state index in [1.165, 1.54) is 31.4 Å². The first-order chi connectivity index (χ1) is 10.2. The lowest BCUT2D eigenvalue weighted by molar-refractivity contribution is 0.164. The van der Waals surface area contributed by atoms with Gasteiger partial charge in [0.1, 0.15) is 0 Å². The van der Waals surface area contributed by atoms with Crippen LogP contribution in [0.5, 0.6) is 0 Å². The Labute approximate surface area is 128 Å². The minimum Gasteiger partial charge on any atom is -0.311 e. The normalized spacial score (nSPS) is 28.7. The standard InChI is InChI=1S/C17H30N4/c1-4-16(5-2)21-9-8-15(19-21)12-20(3)17-10-13-6-7-14(11-17)18-13/h8-9,13-14,16-18H,4-7,10-12H2,1-3H3. The van der Waals surface area contributed by atoms with Crippen LogP contribution in [0.4, 0.5) is 0 Å². The van der Waals surface area contributed by atoms with Crippen LogP contribution in [-0.2, 0) is 6.54 Å². The molecule has 2 fully saturated rings. The maximum Gasteiger partial charge on any atom is 0.0764 e. The lowest BCUT2D eigenvalue weighted by Crippen LogP contribution is -2.46. The van der Waals surface area contributed by atoms with Gasteiger partial charge in [0.05, 0.1) is 11.7 Å². The van der Waals surface area contributed by atoms with Crippen molar-refractivity contribution in [2.75, 3.05) is 7.05 Å². The molecule has 0 radical (unpaired) electrons. The molecule has 118 valence electrons. The number of aromatic nitrogens is 2. The van der Waals surface area contributed by atoms with Crippen LogP contribution in [0.2, 0.25) is 0 Å². The highest BCUT2D eigenvalue weighted by Crippen LogP contribution is 2.29. The smallest absolute Gasteiger partial charge is 0.0764 e. The van der Waals surface area contributed by atoms with Crippen LogP contribution in [0, 0.1) is 0 Å². The molecule has 3 rings (SSSR count). The summed E-state index contributed by atoms with van der Waals surface area (Å²) in [7, 11) is 2.27. The first kappa shape index (κ1) is 15.0. The average molecular weight is 290 g/mol. The van der Waals surface area contributed by atoms with Gasteiger partial charge in [0.15, 0.2) is 0 Å². The van der Waals surface area contributed by atoms with Crippen LogP contribution in [0.15, 0.2) is 12.3 Å². The number of piperidine rings is 1. The molecule has 21 heavy (non-hydrogen) atoms. The number of rotatable bonds is 6. The lowest BCUT2D eigenvalue weighted by atomic mass is 9.98. The zero-order chi connectivity index (χ0) is 14.8. The monoisotopic (exact) mass is 290 g/mol. The number of nitrogens with zero attached hydrogens (tertiary/aromatic N) is 3. The van der Waals surface area contributed by atoms with Gasteiger partial charge in [-0.15, -0.1) is 0 Å². The fourth-order valence-corrected chi connectivity index (χ4v) is 4.10. The topological polar surface area (TPSA) is 33.1 Å². The van der Waals surface area contributed by atoms with Crippen LogP contribution < -0.4 is 5.32 Å². The molecule has 0 amide bonds. The van der Waals surface area contributed by atoms with Crippen molar-refractivity contribution in [3.8, 4) is 0 Å². The Morgan fingerprint density at radius 3 is 2.57 bits per heavy atom. The Kier molecular flexibility index (Phi) is 4.65. The van der Waals surface area contributed by atoms with Gasteiger partial charge in [0, 0.05) is 30.9 Å². The number of fused-ring (bicyclic) bond motifs is 2. The van der Waals surface area contributed by atoms with Crippen LogP contribution in [0.3, 0.4) is 0 Å². The highest BCUT2D eigenvalue weighted by atomic mass is 15.3. The van der Waals surface area contributed by atoms with Gasteiger partial charge in [-0.3, -0.25) is 9.58 Å². The molecule has 0 aliphatic carbocycles. The van der Waals surface area contributed by atoms with Crippen molar-refractivity contribution in [3.05, 3.63) is 18.0 Å². The minimum atomic E-state index is 0.554. The lowest BCUT2D eigenvalue weighted by Gasteiger charge is -2.35. The Balaban J connectivity index is 1.58. The molecule has 2 unspecified atom stereocenters. The van der Waals surface area contributed by atoms with Crippen LogP contribution in [-0.4, -0.2) is 39.9 Å². The Hall–Kier alpha value is -0.870. The molecule has 2 aliphatic heterocycles. The van der Waals surface area contributed by atoms with Crippen molar-refractivity contribution in [1.82, 2.24) is 20.0 Å². The van der Waals surface area contributed by atoms with E-state index >= 15 is 0 Å². The summed E-state index contributed by atoms with van der Waals surface area (Å²) in [6.45, 7) is 5.47. The summed E-state index contributed by atoms with van der Waals surface area (Å²) < 4.78 is 2.16. The predicted molar refractivity (Wildman–Crippen MR) is 86.3 cm³/mol. The van der Waals surface area contributed by atoms with Gasteiger partial charge in [-0.05, 0) is 51.6 Å². The molecular formula is C17H30N4. The maximum absolute atomic E-state index is 4.80. The first-order valence-electron chi connectivity index (χ1n) is 8.69. The van der Waals surface area contributed by atoms with E-state index < -0.39 is 0 Å². The molecule has 2 atom stereocenters. The molecule has 2 aliphatic rings. The summed E-state index contributed by atoms with van der Waals surface area (Å²) >= 11 is 0. The van der Waals surface area contributed by atoms with Crippen molar-refractivity contribution in [1.29, 1.82) is 0 Å². The molecule has 4 nitrogen and oxygen atoms in total. The van der Waals surface area contributed by atoms with Crippen LogP contribution >= 0.6 is 0 Å². The van der Waals surface area contributed by atoms with Crippen LogP contribution in [0.1, 0.15) is 64.1 Å². The third-order valence-corrected chi connectivity index (χ3v) is 5.46. The fraction of sp³-hybridized carbons (Fsp3) is 0.824. The Morgan fingerprint density at radius 1 is 1.29 bits per heavy atom. The van der Waals surface area contributed by atoms with Gasteiger partial charge in [0.25, 0.3) is 0 Å². The van der Waals surface area contributed by atoms with Gasteiger partial charge >= 0.3 is 0 Å². The molecule has 1 aromatic heterocycles. The molecule has 2 bridgehead atoms. The second-order valence-corrected chi connectivity index (χ2v) is 6.94. The zero-order valence-corrected chi connectivity index (χ0v) is 13.8. The summed E-state index contributed by atoms with van der Waals surface area (Å²) in [6.07, 6.45) is 9.83. The number of nitrogens with one attached hydrogen (secondary N) is 1. The second kappa shape index (κ2) is 6.49. The van der Waals surface area contributed by atoms with E-state index in [0.717, 1.165) is 37.5 Å². The van der Waals surface area contributed by atoms with Gasteiger partial charge in [0.2, 0.25) is 0 Å². The van der Waals surface area contributed by atoms with Gasteiger partial charge in [-0.2, -0.15) is 5.10 Å². The van der Waals surface area contributed by atoms with Crippen molar-refractivity contribution in [3.63, 3.8) is 0 Å². The Morgan fingerprint density at radius 2 is 1.95 bits per heavy atom.